The summed E-state index contributed by atoms with van der Waals surface area (Å²) >= 11 is 0. The molecule has 0 fully saturated rings. The molecule has 19 heteroatoms. The van der Waals surface area contributed by atoms with Crippen molar-refractivity contribution in [1.82, 2.24) is 0 Å². The van der Waals surface area contributed by atoms with Crippen molar-refractivity contribution in [3.63, 3.8) is 0 Å². The van der Waals surface area contributed by atoms with Crippen LogP contribution in [-0.2, 0) is 65.4 Å². The first-order valence-electron chi connectivity index (χ1n) is 34.9. The van der Waals surface area contributed by atoms with Crippen LogP contribution in [0.4, 0.5) is 0 Å². The smallest absolute Gasteiger partial charge is 0.462 e. The van der Waals surface area contributed by atoms with Crippen molar-refractivity contribution in [2.45, 2.75) is 336 Å². The highest BCUT2D eigenvalue weighted by atomic mass is 31.2. The number of aliphatic hydroxyl groups is 1. The van der Waals surface area contributed by atoms with E-state index in [-0.39, 0.29) is 25.7 Å². The van der Waals surface area contributed by atoms with E-state index in [1.54, 1.807) is 0 Å². The monoisotopic (exact) mass is 1280 g/mol. The van der Waals surface area contributed by atoms with E-state index in [0.717, 1.165) is 115 Å². The molecule has 17 nitrogen and oxygen atoms in total. The van der Waals surface area contributed by atoms with Gasteiger partial charge in [-0.05, 0) is 63.2 Å². The fourth-order valence-electron chi connectivity index (χ4n) is 9.63. The lowest BCUT2D eigenvalue weighted by Crippen LogP contribution is -2.30. The van der Waals surface area contributed by atoms with E-state index in [1.165, 1.54) is 122 Å². The first-order chi connectivity index (χ1) is 41.9. The van der Waals surface area contributed by atoms with Gasteiger partial charge in [-0.25, -0.2) is 9.13 Å². The Morgan fingerprint density at radius 3 is 0.977 bits per heavy atom. The van der Waals surface area contributed by atoms with Crippen molar-refractivity contribution >= 4 is 39.5 Å². The Morgan fingerprint density at radius 2 is 0.644 bits per heavy atom. The standard InChI is InChI=1S/C68H128O17P2/c1-7-11-13-15-17-19-21-22-23-24-25-27-33-40-46-52-67(72)84-63(56-79-66(71)51-45-39-32-29-28-30-36-42-48-60(5)9-3)58-82-86(74,75)80-54-62(69)55-81-87(76,77)83-59-64(85-68(73)53-47-41-35-34-37-43-49-61(6)10-4)57-78-65(70)50-44-38-31-26-20-18-16-14-12-8-2/h19,21-23,60-64,69H,7-18,20,24-59H2,1-6H3,(H,74,75)(H,76,77)/b21-19-,23-22-/t60?,61?,62-,63-,64-/m1/s1. The summed E-state index contributed by atoms with van der Waals surface area (Å²) in [6.07, 6.45) is 46.6. The number of carbonyl (C=O) groups excluding carboxylic acids is 4. The maximum absolute atomic E-state index is 13.0. The Bertz CT molecular complexity index is 1800. The summed E-state index contributed by atoms with van der Waals surface area (Å²) in [6, 6.07) is 0. The van der Waals surface area contributed by atoms with Gasteiger partial charge in [-0.3, -0.25) is 37.3 Å². The first kappa shape index (κ1) is 84.5. The van der Waals surface area contributed by atoms with Crippen molar-refractivity contribution < 1.29 is 80.2 Å². The van der Waals surface area contributed by atoms with Gasteiger partial charge in [0.25, 0.3) is 0 Å². The first-order valence-corrected chi connectivity index (χ1v) is 37.9. The molecule has 0 aromatic rings. The zero-order valence-corrected chi connectivity index (χ0v) is 57.6. The third-order valence-electron chi connectivity index (χ3n) is 15.8. The van der Waals surface area contributed by atoms with Crippen LogP contribution >= 0.6 is 15.6 Å². The number of rotatable bonds is 65. The molecule has 0 rings (SSSR count). The van der Waals surface area contributed by atoms with E-state index >= 15 is 0 Å². The maximum Gasteiger partial charge on any atom is 0.472 e. The van der Waals surface area contributed by atoms with E-state index in [1.807, 2.05) is 0 Å². The molecule has 0 aliphatic rings. The Kier molecular flexibility index (Phi) is 58.1. The summed E-state index contributed by atoms with van der Waals surface area (Å²) in [5.74, 6) is -0.668. The predicted molar refractivity (Wildman–Crippen MR) is 349 cm³/mol. The van der Waals surface area contributed by atoms with Crippen molar-refractivity contribution in [2.75, 3.05) is 39.6 Å². The molecule has 0 heterocycles. The number of phosphoric ester groups is 2. The lowest BCUT2D eigenvalue weighted by atomic mass is 9.99. The zero-order chi connectivity index (χ0) is 64.3. The lowest BCUT2D eigenvalue weighted by molar-refractivity contribution is -0.161. The molecule has 3 N–H and O–H groups in total. The molecular formula is C68H128O17P2. The summed E-state index contributed by atoms with van der Waals surface area (Å²) in [5, 5.41) is 10.6. The van der Waals surface area contributed by atoms with Gasteiger partial charge in [0, 0.05) is 25.7 Å². The van der Waals surface area contributed by atoms with Gasteiger partial charge in [0.15, 0.2) is 12.2 Å². The van der Waals surface area contributed by atoms with Crippen LogP contribution in [0.15, 0.2) is 24.3 Å². The SMILES string of the molecule is CCCCCC/C=C\C=C/CCCCCCCC(=O)O[C@H](COC(=O)CCCCCCCCCCC(C)CC)COP(=O)(O)OC[C@@H](O)COP(=O)(O)OC[C@@H](COC(=O)CCCCCCCCCCCC)OC(=O)CCCCCCCCC(C)CC. The number of allylic oxidation sites excluding steroid dienone is 4. The second-order valence-corrected chi connectivity index (χ2v) is 27.3. The van der Waals surface area contributed by atoms with Crippen LogP contribution in [0.1, 0.15) is 318 Å². The van der Waals surface area contributed by atoms with Gasteiger partial charge in [-0.1, -0.05) is 265 Å². The van der Waals surface area contributed by atoms with Crippen LogP contribution in [-0.4, -0.2) is 96.7 Å². The van der Waals surface area contributed by atoms with E-state index in [2.05, 4.69) is 65.8 Å². The highest BCUT2D eigenvalue weighted by molar-refractivity contribution is 7.47. The summed E-state index contributed by atoms with van der Waals surface area (Å²) in [4.78, 5) is 72.4. The minimum Gasteiger partial charge on any atom is -0.462 e. The number of esters is 4. The molecule has 0 aromatic heterocycles. The molecule has 0 aliphatic heterocycles. The number of aliphatic hydroxyl groups excluding tert-OH is 1. The highest BCUT2D eigenvalue weighted by Crippen LogP contribution is 2.45. The molecule has 0 saturated heterocycles. The number of hydrogen-bond acceptors (Lipinski definition) is 15. The van der Waals surface area contributed by atoms with Crippen molar-refractivity contribution in [3.8, 4) is 0 Å². The third-order valence-corrected chi connectivity index (χ3v) is 17.7. The van der Waals surface area contributed by atoms with Crippen molar-refractivity contribution in [1.29, 1.82) is 0 Å². The Labute approximate surface area is 529 Å². The minimum absolute atomic E-state index is 0.0842. The van der Waals surface area contributed by atoms with Gasteiger partial charge in [0.05, 0.1) is 26.4 Å². The number of ether oxygens (including phenoxy) is 4. The summed E-state index contributed by atoms with van der Waals surface area (Å²) in [5.41, 5.74) is 0. The molecule has 7 atom stereocenters. The Balaban J connectivity index is 5.29. The second-order valence-electron chi connectivity index (χ2n) is 24.4. The molecular weight excluding hydrogens is 1150 g/mol. The average molecular weight is 1280 g/mol. The average Bonchev–Trinajstić information content (AvgIpc) is 3.71. The minimum atomic E-state index is -4.96. The van der Waals surface area contributed by atoms with Crippen LogP contribution in [0.5, 0.6) is 0 Å². The van der Waals surface area contributed by atoms with Crippen LogP contribution < -0.4 is 0 Å². The van der Waals surface area contributed by atoms with Gasteiger partial charge in [-0.15, -0.1) is 0 Å². The molecule has 0 spiro atoms. The molecule has 4 unspecified atom stereocenters. The zero-order valence-electron chi connectivity index (χ0n) is 55.8. The molecule has 512 valence electrons. The molecule has 0 radical (unpaired) electrons. The quantitative estimate of drug-likeness (QED) is 0.0169. The highest BCUT2D eigenvalue weighted by Gasteiger charge is 2.30. The number of phosphoric acid groups is 2. The summed E-state index contributed by atoms with van der Waals surface area (Å²) < 4.78 is 68.1. The fourth-order valence-corrected chi connectivity index (χ4v) is 11.2. The molecule has 0 bridgehead atoms. The normalized spacial score (nSPS) is 15.0. The Morgan fingerprint density at radius 1 is 0.368 bits per heavy atom. The predicted octanol–water partition coefficient (Wildman–Crippen LogP) is 18.8. The number of unbranched alkanes of at least 4 members (excludes halogenated alkanes) is 30. The molecule has 0 amide bonds. The van der Waals surface area contributed by atoms with Gasteiger partial charge in [0.2, 0.25) is 0 Å². The topological polar surface area (TPSA) is 237 Å². The molecule has 87 heavy (non-hydrogen) atoms. The number of carbonyl (C=O) groups is 4. The van der Waals surface area contributed by atoms with E-state index in [4.69, 9.17) is 37.0 Å². The van der Waals surface area contributed by atoms with Gasteiger partial charge >= 0.3 is 39.5 Å². The van der Waals surface area contributed by atoms with E-state index in [9.17, 15) is 43.2 Å². The molecule has 0 aliphatic carbocycles. The number of hydrogen-bond donors (Lipinski definition) is 3. The largest absolute Gasteiger partial charge is 0.472 e. The van der Waals surface area contributed by atoms with E-state index in [0.29, 0.717) is 25.7 Å². The Hall–Kier alpha value is -2.46. The van der Waals surface area contributed by atoms with Gasteiger partial charge in [-0.2, -0.15) is 0 Å². The van der Waals surface area contributed by atoms with Crippen LogP contribution in [0, 0.1) is 11.8 Å². The van der Waals surface area contributed by atoms with Crippen LogP contribution in [0.2, 0.25) is 0 Å². The van der Waals surface area contributed by atoms with Gasteiger partial charge < -0.3 is 33.8 Å². The van der Waals surface area contributed by atoms with E-state index < -0.39 is 97.5 Å². The van der Waals surface area contributed by atoms with Crippen molar-refractivity contribution in [3.05, 3.63) is 24.3 Å². The van der Waals surface area contributed by atoms with Crippen LogP contribution in [0.3, 0.4) is 0 Å². The summed E-state index contributed by atoms with van der Waals surface area (Å²) in [7, 11) is -9.91. The lowest BCUT2D eigenvalue weighted by Gasteiger charge is -2.21. The molecule has 0 saturated carbocycles. The van der Waals surface area contributed by atoms with Crippen LogP contribution in [0.25, 0.3) is 0 Å². The molecule has 0 aromatic carbocycles. The fraction of sp³-hybridized carbons (Fsp3) is 0.882. The van der Waals surface area contributed by atoms with Crippen molar-refractivity contribution in [2.24, 2.45) is 11.8 Å². The second kappa shape index (κ2) is 59.8. The maximum atomic E-state index is 13.0. The van der Waals surface area contributed by atoms with Gasteiger partial charge in [0.1, 0.15) is 19.3 Å². The summed E-state index contributed by atoms with van der Waals surface area (Å²) in [6.45, 7) is 9.40. The third kappa shape index (κ3) is 59.6.